The zero-order valence-electron chi connectivity index (χ0n) is 8.91. The lowest BCUT2D eigenvalue weighted by Crippen LogP contribution is -2.10. The van der Waals surface area contributed by atoms with Gasteiger partial charge in [-0.25, -0.2) is 4.79 Å². The molecule has 0 saturated carbocycles. The van der Waals surface area contributed by atoms with E-state index in [4.69, 9.17) is 11.1 Å². The highest BCUT2D eigenvalue weighted by Crippen LogP contribution is 2.02. The second kappa shape index (κ2) is 5.56. The van der Waals surface area contributed by atoms with Crippen molar-refractivity contribution in [2.24, 2.45) is 5.73 Å². The quantitative estimate of drug-likeness (QED) is 0.333. The van der Waals surface area contributed by atoms with Gasteiger partial charge in [-0.15, -0.1) is 0 Å². The first-order valence-electron chi connectivity index (χ1n) is 4.76. The zero-order valence-corrected chi connectivity index (χ0v) is 8.91. The highest BCUT2D eigenvalue weighted by molar-refractivity contribution is 5.95. The van der Waals surface area contributed by atoms with Crippen molar-refractivity contribution in [3.05, 3.63) is 35.4 Å². The van der Waals surface area contributed by atoms with Crippen molar-refractivity contribution in [3.8, 4) is 11.8 Å². The lowest BCUT2D eigenvalue weighted by Gasteiger charge is -1.97. The predicted molar refractivity (Wildman–Crippen MR) is 61.0 cm³/mol. The van der Waals surface area contributed by atoms with E-state index in [0.717, 1.165) is 0 Å². The first kappa shape index (κ1) is 11.8. The van der Waals surface area contributed by atoms with E-state index in [1.165, 1.54) is 0 Å². The zero-order chi connectivity index (χ0) is 12.0. The summed E-state index contributed by atoms with van der Waals surface area (Å²) in [6.07, 6.45) is 0. The van der Waals surface area contributed by atoms with Crippen molar-refractivity contribution in [2.45, 2.75) is 6.92 Å². The van der Waals surface area contributed by atoms with Crippen LogP contribution in [0.3, 0.4) is 0 Å². The number of hydrogen-bond acceptors (Lipinski definition) is 3. The maximum atomic E-state index is 11.0. The Labute approximate surface area is 93.9 Å². The predicted octanol–water partition coefficient (Wildman–Crippen LogP) is 0.885. The minimum Gasteiger partial charge on any atom is -0.456 e. The summed E-state index contributed by atoms with van der Waals surface area (Å²) in [5, 5.41) is 7.25. The molecule has 0 bridgehead atoms. The minimum absolute atomic E-state index is 0.0280. The molecule has 0 fully saturated rings. The Hall–Kier alpha value is -2.28. The Morgan fingerprint density at radius 3 is 2.94 bits per heavy atom. The van der Waals surface area contributed by atoms with Gasteiger partial charge in [0.2, 0.25) is 0 Å². The van der Waals surface area contributed by atoms with Gasteiger partial charge < -0.3 is 10.5 Å². The fraction of sp³-hybridized carbons (Fsp3) is 0.167. The van der Waals surface area contributed by atoms with Gasteiger partial charge in [-0.1, -0.05) is 18.1 Å². The fourth-order valence-electron chi connectivity index (χ4n) is 1.05. The maximum absolute atomic E-state index is 11.0. The summed E-state index contributed by atoms with van der Waals surface area (Å²) >= 11 is 0. The van der Waals surface area contributed by atoms with Crippen molar-refractivity contribution in [2.75, 3.05) is 6.61 Å². The molecule has 0 aromatic heterocycles. The molecule has 0 aliphatic rings. The molecule has 1 aromatic carbocycles. The van der Waals surface area contributed by atoms with E-state index >= 15 is 0 Å². The number of amidine groups is 1. The molecule has 1 aromatic rings. The number of nitrogens with one attached hydrogen (secondary N) is 1. The van der Waals surface area contributed by atoms with E-state index < -0.39 is 5.97 Å². The van der Waals surface area contributed by atoms with Crippen LogP contribution in [0.2, 0.25) is 0 Å². The molecule has 0 radical (unpaired) electrons. The average Bonchev–Trinajstić information content (AvgIpc) is 2.27. The molecule has 0 spiro atoms. The number of rotatable bonds is 2. The Balaban J connectivity index is 2.85. The molecule has 0 atom stereocenters. The molecule has 0 heterocycles. The molecule has 0 aliphatic heterocycles. The van der Waals surface area contributed by atoms with Gasteiger partial charge in [0.1, 0.15) is 5.84 Å². The van der Waals surface area contributed by atoms with Crippen LogP contribution in [-0.2, 0) is 9.53 Å². The van der Waals surface area contributed by atoms with Gasteiger partial charge in [-0.3, -0.25) is 5.41 Å². The normalized spacial score (nSPS) is 8.81. The van der Waals surface area contributed by atoms with E-state index in [2.05, 4.69) is 16.6 Å². The standard InChI is InChI=1S/C12H12N2O2/c1-2-16-11(15)7-6-9-4-3-5-10(8-9)12(13)14/h3-5,8H,2H2,1H3,(H3,13,14). The molecule has 1 rings (SSSR count). The second-order valence-electron chi connectivity index (χ2n) is 2.96. The average molecular weight is 216 g/mol. The molecule has 0 saturated heterocycles. The molecule has 0 aliphatic carbocycles. The monoisotopic (exact) mass is 216 g/mol. The first-order chi connectivity index (χ1) is 7.63. The lowest BCUT2D eigenvalue weighted by atomic mass is 10.1. The molecule has 3 N–H and O–H groups in total. The number of esters is 1. The molecule has 82 valence electrons. The minimum atomic E-state index is -0.560. The molecule has 4 heteroatoms. The first-order valence-corrected chi connectivity index (χ1v) is 4.76. The smallest absolute Gasteiger partial charge is 0.384 e. The Morgan fingerprint density at radius 2 is 2.31 bits per heavy atom. The summed E-state index contributed by atoms with van der Waals surface area (Å²) in [4.78, 5) is 11.0. The Kier molecular flexibility index (Phi) is 4.10. The summed E-state index contributed by atoms with van der Waals surface area (Å²) in [6, 6.07) is 6.82. The van der Waals surface area contributed by atoms with Crippen LogP contribution in [0, 0.1) is 17.3 Å². The van der Waals surface area contributed by atoms with E-state index in [1.807, 2.05) is 0 Å². The largest absolute Gasteiger partial charge is 0.456 e. The number of carbonyl (C=O) groups excluding carboxylic acids is 1. The van der Waals surface area contributed by atoms with Crippen LogP contribution in [0.1, 0.15) is 18.1 Å². The molecule has 4 nitrogen and oxygen atoms in total. The highest BCUT2D eigenvalue weighted by Gasteiger charge is 1.97. The van der Waals surface area contributed by atoms with Crippen LogP contribution in [0.15, 0.2) is 24.3 Å². The topological polar surface area (TPSA) is 76.2 Å². The van der Waals surface area contributed by atoms with Gasteiger partial charge in [0.15, 0.2) is 0 Å². The van der Waals surface area contributed by atoms with E-state index in [-0.39, 0.29) is 5.84 Å². The number of hydrogen-bond donors (Lipinski definition) is 2. The molecule has 16 heavy (non-hydrogen) atoms. The third-order valence-corrected chi connectivity index (χ3v) is 1.76. The summed E-state index contributed by atoms with van der Waals surface area (Å²) in [5.41, 5.74) is 6.53. The maximum Gasteiger partial charge on any atom is 0.384 e. The molecule has 0 unspecified atom stereocenters. The molecular weight excluding hydrogens is 204 g/mol. The molecular formula is C12H12N2O2. The number of benzene rings is 1. The summed E-state index contributed by atoms with van der Waals surface area (Å²) in [7, 11) is 0. The third kappa shape index (κ3) is 3.46. The van der Waals surface area contributed by atoms with Crippen molar-refractivity contribution in [3.63, 3.8) is 0 Å². The number of ether oxygens (including phenoxy) is 1. The fourth-order valence-corrected chi connectivity index (χ4v) is 1.05. The van der Waals surface area contributed by atoms with Crippen molar-refractivity contribution >= 4 is 11.8 Å². The highest BCUT2D eigenvalue weighted by atomic mass is 16.5. The molecule has 0 amide bonds. The summed E-state index contributed by atoms with van der Waals surface area (Å²) < 4.78 is 4.66. The van der Waals surface area contributed by atoms with E-state index in [1.54, 1.807) is 31.2 Å². The van der Waals surface area contributed by atoms with Gasteiger partial charge in [-0.05, 0) is 19.1 Å². The summed E-state index contributed by atoms with van der Waals surface area (Å²) in [6.45, 7) is 2.02. The van der Waals surface area contributed by atoms with Gasteiger partial charge in [-0.2, -0.15) is 0 Å². The van der Waals surface area contributed by atoms with Gasteiger partial charge in [0.05, 0.1) is 6.61 Å². The Bertz CT molecular complexity index is 469. The van der Waals surface area contributed by atoms with Gasteiger partial charge >= 0.3 is 5.97 Å². The van der Waals surface area contributed by atoms with Crippen molar-refractivity contribution in [1.29, 1.82) is 5.41 Å². The van der Waals surface area contributed by atoms with Crippen LogP contribution in [-0.4, -0.2) is 18.4 Å². The van der Waals surface area contributed by atoms with Crippen molar-refractivity contribution < 1.29 is 9.53 Å². The number of carbonyl (C=O) groups is 1. The van der Waals surface area contributed by atoms with Crippen LogP contribution in [0.5, 0.6) is 0 Å². The lowest BCUT2D eigenvalue weighted by molar-refractivity contribution is -0.136. The van der Waals surface area contributed by atoms with Crippen LogP contribution >= 0.6 is 0 Å². The van der Waals surface area contributed by atoms with Crippen LogP contribution < -0.4 is 5.73 Å². The Morgan fingerprint density at radius 1 is 1.56 bits per heavy atom. The van der Waals surface area contributed by atoms with Crippen LogP contribution in [0.25, 0.3) is 0 Å². The van der Waals surface area contributed by atoms with E-state index in [0.29, 0.717) is 17.7 Å². The van der Waals surface area contributed by atoms with Gasteiger partial charge in [0, 0.05) is 17.0 Å². The van der Waals surface area contributed by atoms with E-state index in [9.17, 15) is 4.79 Å². The summed E-state index contributed by atoms with van der Waals surface area (Å²) in [5.74, 6) is 4.40. The third-order valence-electron chi connectivity index (χ3n) is 1.76. The second-order valence-corrected chi connectivity index (χ2v) is 2.96. The number of nitrogen functional groups attached to an aromatic ring is 1. The van der Waals surface area contributed by atoms with Gasteiger partial charge in [0.25, 0.3) is 0 Å². The van der Waals surface area contributed by atoms with Crippen LogP contribution in [0.4, 0.5) is 0 Å². The number of nitrogens with two attached hydrogens (primary N) is 1. The van der Waals surface area contributed by atoms with Crippen molar-refractivity contribution in [1.82, 2.24) is 0 Å². The SMILES string of the molecule is CCOC(=O)C#Cc1cccc(C(=N)N)c1.